The van der Waals surface area contributed by atoms with Gasteiger partial charge in [-0.1, -0.05) is 148 Å². The first-order valence-corrected chi connectivity index (χ1v) is 14.2. The van der Waals surface area contributed by atoms with Crippen molar-refractivity contribution in [3.63, 3.8) is 0 Å². The van der Waals surface area contributed by atoms with Gasteiger partial charge in [-0.15, -0.1) is 0 Å². The summed E-state index contributed by atoms with van der Waals surface area (Å²) in [7, 11) is 3.66. The molecule has 216 valence electrons. The van der Waals surface area contributed by atoms with E-state index in [0.29, 0.717) is 11.5 Å². The Morgan fingerprint density at radius 1 is 0.528 bits per heavy atom. The summed E-state index contributed by atoms with van der Waals surface area (Å²) in [5, 5.41) is 0. The monoisotopic (exact) mass is 509 g/mol. The molecule has 0 aliphatic carbocycles. The molecule has 0 N–H and O–H groups in total. The van der Waals surface area contributed by atoms with Crippen LogP contribution in [0.25, 0.3) is 0 Å². The van der Waals surface area contributed by atoms with E-state index in [0.717, 1.165) is 0 Å². The summed E-state index contributed by atoms with van der Waals surface area (Å²) in [6.45, 7) is 36.2. The van der Waals surface area contributed by atoms with Crippen LogP contribution in [-0.2, 0) is 9.47 Å². The molecule has 0 radical (unpaired) electrons. The van der Waals surface area contributed by atoms with Crippen LogP contribution in [0.3, 0.4) is 0 Å². The second-order valence-electron chi connectivity index (χ2n) is 16.6. The predicted octanol–water partition coefficient (Wildman–Crippen LogP) is 10.9. The highest BCUT2D eigenvalue weighted by molar-refractivity contribution is 5.12. The molecule has 0 aliphatic rings. The van der Waals surface area contributed by atoms with Crippen molar-refractivity contribution in [2.45, 2.75) is 149 Å². The molecule has 0 rings (SSSR count). The van der Waals surface area contributed by atoms with E-state index in [1.165, 1.54) is 25.7 Å². The third kappa shape index (κ3) is 17.0. The molecular weight excluding hydrogens is 440 g/mol. The minimum absolute atomic E-state index is 0.0230. The Labute approximate surface area is 229 Å². The summed E-state index contributed by atoms with van der Waals surface area (Å²) in [4.78, 5) is 0. The maximum atomic E-state index is 5.78. The number of hydrogen-bond acceptors (Lipinski definition) is 2. The molecule has 0 aliphatic heterocycles. The minimum Gasteiger partial charge on any atom is -0.380 e. The quantitative estimate of drug-likeness (QED) is 0.216. The van der Waals surface area contributed by atoms with Crippen LogP contribution in [0.2, 0.25) is 0 Å². The lowest BCUT2D eigenvalue weighted by molar-refractivity contribution is -0.0682. The summed E-state index contributed by atoms with van der Waals surface area (Å²) >= 11 is 0. The van der Waals surface area contributed by atoms with Gasteiger partial charge in [-0.05, 0) is 39.9 Å². The van der Waals surface area contributed by atoms with Gasteiger partial charge in [0.1, 0.15) is 0 Å². The number of ether oxygens (including phenoxy) is 2. The average molecular weight is 509 g/mol. The third-order valence-corrected chi connectivity index (χ3v) is 6.66. The number of methoxy groups -OCH3 is 2. The summed E-state index contributed by atoms with van der Waals surface area (Å²) in [6.07, 6.45) is 14.5. The lowest BCUT2D eigenvalue weighted by atomic mass is 9.70. The highest BCUT2D eigenvalue weighted by Gasteiger charge is 2.38. The fraction of sp³-hybridized carbons (Fsp3) is 0.882. The Kier molecular flexibility index (Phi) is 15.2. The zero-order valence-corrected chi connectivity index (χ0v) is 28.1. The molecule has 0 amide bonds. The SMILES string of the molecule is COC(C(C)(C)C)C(C)(C)/C=C/C=C/C(C)(C)C.COC(C(C)(C)C)C(C)(C)CCCCC(C)(C)C. The van der Waals surface area contributed by atoms with Crippen LogP contribution in [-0.4, -0.2) is 26.4 Å². The Morgan fingerprint density at radius 3 is 1.25 bits per heavy atom. The lowest BCUT2D eigenvalue weighted by Gasteiger charge is -2.42. The van der Waals surface area contributed by atoms with E-state index in [9.17, 15) is 0 Å². The Bertz CT molecular complexity index is 637. The molecule has 36 heavy (non-hydrogen) atoms. The second-order valence-corrected chi connectivity index (χ2v) is 16.6. The van der Waals surface area contributed by atoms with Crippen molar-refractivity contribution in [3.05, 3.63) is 24.3 Å². The smallest absolute Gasteiger partial charge is 0.0704 e. The molecule has 0 saturated heterocycles. The van der Waals surface area contributed by atoms with Gasteiger partial charge in [-0.25, -0.2) is 0 Å². The van der Waals surface area contributed by atoms with Gasteiger partial charge >= 0.3 is 0 Å². The molecule has 2 atom stereocenters. The highest BCUT2D eigenvalue weighted by atomic mass is 16.5. The maximum absolute atomic E-state index is 5.78. The van der Waals surface area contributed by atoms with Crippen LogP contribution >= 0.6 is 0 Å². The summed E-state index contributed by atoms with van der Waals surface area (Å²) in [6, 6.07) is 0. The van der Waals surface area contributed by atoms with E-state index in [2.05, 4.69) is 135 Å². The molecule has 0 aromatic rings. The van der Waals surface area contributed by atoms with Gasteiger partial charge in [0.15, 0.2) is 0 Å². The maximum Gasteiger partial charge on any atom is 0.0704 e. The zero-order valence-electron chi connectivity index (χ0n) is 28.1. The lowest BCUT2D eigenvalue weighted by Crippen LogP contribution is -2.41. The molecule has 2 nitrogen and oxygen atoms in total. The van der Waals surface area contributed by atoms with E-state index in [1.54, 1.807) is 7.11 Å². The topological polar surface area (TPSA) is 18.5 Å². The van der Waals surface area contributed by atoms with Crippen LogP contribution in [0.1, 0.15) is 136 Å². The number of hydrogen-bond donors (Lipinski definition) is 0. The fourth-order valence-corrected chi connectivity index (χ4v) is 5.72. The molecule has 0 aromatic carbocycles. The normalized spacial score (nSPS) is 16.3. The molecular formula is C34H68O2. The highest BCUT2D eigenvalue weighted by Crippen LogP contribution is 2.40. The van der Waals surface area contributed by atoms with Crippen molar-refractivity contribution in [1.82, 2.24) is 0 Å². The van der Waals surface area contributed by atoms with Crippen LogP contribution in [0.15, 0.2) is 24.3 Å². The average Bonchev–Trinajstić information content (AvgIpc) is 2.59. The molecule has 0 heterocycles. The first kappa shape index (κ1) is 37.6. The molecule has 0 bridgehead atoms. The van der Waals surface area contributed by atoms with E-state index >= 15 is 0 Å². The van der Waals surface area contributed by atoms with Gasteiger partial charge in [-0.2, -0.15) is 0 Å². The van der Waals surface area contributed by atoms with E-state index in [-0.39, 0.29) is 33.2 Å². The molecule has 2 unspecified atom stereocenters. The number of unbranched alkanes of at least 4 members (excludes halogenated alkanes) is 1. The Morgan fingerprint density at radius 2 is 0.917 bits per heavy atom. The predicted molar refractivity (Wildman–Crippen MR) is 164 cm³/mol. The van der Waals surface area contributed by atoms with Gasteiger partial charge in [0, 0.05) is 19.6 Å². The van der Waals surface area contributed by atoms with E-state index in [4.69, 9.17) is 9.47 Å². The molecule has 0 aromatic heterocycles. The number of allylic oxidation sites excluding steroid dienone is 3. The summed E-state index contributed by atoms with van der Waals surface area (Å²) < 4.78 is 11.5. The Balaban J connectivity index is 0. The van der Waals surface area contributed by atoms with Crippen molar-refractivity contribution < 1.29 is 9.47 Å². The van der Waals surface area contributed by atoms with Crippen molar-refractivity contribution in [2.75, 3.05) is 14.2 Å². The minimum atomic E-state index is 0.0230. The summed E-state index contributed by atoms with van der Waals surface area (Å²) in [5.74, 6) is 0. The first-order chi connectivity index (χ1) is 15.8. The van der Waals surface area contributed by atoms with E-state index < -0.39 is 0 Å². The van der Waals surface area contributed by atoms with Crippen molar-refractivity contribution in [1.29, 1.82) is 0 Å². The molecule has 0 spiro atoms. The van der Waals surface area contributed by atoms with Crippen molar-refractivity contribution in [3.8, 4) is 0 Å². The standard InChI is InChI=1S/C17H36O.C17H32O/c2*1-15(2,3)12-10-11-13-17(7,8)14(18-9)16(4,5)6/h14H,10-13H2,1-9H3;10-14H,1-9H3/b;12-10+,13-11+. The van der Waals surface area contributed by atoms with Gasteiger partial charge in [-0.3, -0.25) is 0 Å². The van der Waals surface area contributed by atoms with Gasteiger partial charge in [0.2, 0.25) is 0 Å². The van der Waals surface area contributed by atoms with Crippen LogP contribution in [0, 0.1) is 32.5 Å². The first-order valence-electron chi connectivity index (χ1n) is 14.2. The van der Waals surface area contributed by atoms with E-state index in [1.807, 2.05) is 7.11 Å². The Hall–Kier alpha value is -0.600. The van der Waals surface area contributed by atoms with Crippen LogP contribution in [0.4, 0.5) is 0 Å². The number of rotatable bonds is 10. The molecule has 0 saturated carbocycles. The van der Waals surface area contributed by atoms with Crippen molar-refractivity contribution >= 4 is 0 Å². The summed E-state index contributed by atoms with van der Waals surface area (Å²) in [5.41, 5.74) is 1.33. The van der Waals surface area contributed by atoms with Crippen molar-refractivity contribution in [2.24, 2.45) is 32.5 Å². The van der Waals surface area contributed by atoms with Gasteiger partial charge in [0.25, 0.3) is 0 Å². The van der Waals surface area contributed by atoms with Gasteiger partial charge < -0.3 is 9.47 Å². The largest absolute Gasteiger partial charge is 0.380 e. The molecule has 0 fully saturated rings. The van der Waals surface area contributed by atoms with Gasteiger partial charge in [0.05, 0.1) is 12.2 Å². The zero-order chi connectivity index (χ0) is 29.2. The van der Waals surface area contributed by atoms with Crippen LogP contribution < -0.4 is 0 Å². The fourth-order valence-electron chi connectivity index (χ4n) is 5.72. The second kappa shape index (κ2) is 14.5. The molecule has 2 heteroatoms. The van der Waals surface area contributed by atoms with Crippen LogP contribution in [0.5, 0.6) is 0 Å². The third-order valence-electron chi connectivity index (χ3n) is 6.66.